The fourth-order valence-corrected chi connectivity index (χ4v) is 3.81. The number of benzene rings is 1. The van der Waals surface area contributed by atoms with E-state index in [-0.39, 0.29) is 6.04 Å². The van der Waals surface area contributed by atoms with Gasteiger partial charge in [0.1, 0.15) is 10.1 Å². The molecule has 0 fully saturated rings. The highest BCUT2D eigenvalue weighted by Crippen LogP contribution is 2.37. The molecule has 0 aliphatic heterocycles. The van der Waals surface area contributed by atoms with Crippen LogP contribution in [-0.2, 0) is 0 Å². The highest BCUT2D eigenvalue weighted by atomic mass is 79.9. The van der Waals surface area contributed by atoms with Gasteiger partial charge in [0, 0.05) is 9.35 Å². The van der Waals surface area contributed by atoms with Crippen molar-refractivity contribution in [1.29, 1.82) is 0 Å². The van der Waals surface area contributed by atoms with Crippen molar-refractivity contribution in [2.24, 2.45) is 0 Å². The summed E-state index contributed by atoms with van der Waals surface area (Å²) in [6, 6.07) is 10.4. The van der Waals surface area contributed by atoms with Gasteiger partial charge in [-0.3, -0.25) is 0 Å². The molecule has 5 heteroatoms. The Bertz CT molecular complexity index is 536. The van der Waals surface area contributed by atoms with E-state index >= 15 is 0 Å². The van der Waals surface area contributed by atoms with Gasteiger partial charge in [0.05, 0.1) is 13.2 Å². The van der Waals surface area contributed by atoms with Gasteiger partial charge < -0.3 is 10.1 Å². The summed E-state index contributed by atoms with van der Waals surface area (Å²) in [4.78, 5) is 1.21. The van der Waals surface area contributed by atoms with Crippen LogP contribution in [0.25, 0.3) is 0 Å². The highest BCUT2D eigenvalue weighted by Gasteiger charge is 2.17. The number of halogens is 2. The molecule has 0 aliphatic rings. The van der Waals surface area contributed by atoms with Crippen LogP contribution in [-0.4, -0.2) is 13.7 Å². The van der Waals surface area contributed by atoms with Crippen molar-refractivity contribution >= 4 is 38.9 Å². The summed E-state index contributed by atoms with van der Waals surface area (Å²) in [6.45, 7) is 3.12. The van der Waals surface area contributed by atoms with Crippen LogP contribution in [0.3, 0.4) is 0 Å². The summed E-state index contributed by atoms with van der Waals surface area (Å²) in [7, 11) is 1.68. The maximum atomic E-state index is 6.17. The Balaban J connectivity index is 2.30. The van der Waals surface area contributed by atoms with Crippen molar-refractivity contribution in [3.05, 3.63) is 49.6 Å². The van der Waals surface area contributed by atoms with E-state index in [0.717, 1.165) is 27.5 Å². The van der Waals surface area contributed by atoms with Crippen molar-refractivity contribution < 1.29 is 4.74 Å². The van der Waals surface area contributed by atoms with E-state index in [1.807, 2.05) is 12.1 Å². The molecule has 1 aromatic carbocycles. The predicted octanol–water partition coefficient (Wildman–Crippen LogP) is 5.26. The van der Waals surface area contributed by atoms with Gasteiger partial charge in [0.25, 0.3) is 0 Å². The van der Waals surface area contributed by atoms with Gasteiger partial charge in [-0.1, -0.05) is 30.7 Å². The van der Waals surface area contributed by atoms with E-state index in [9.17, 15) is 0 Å². The SMILES string of the molecule is CCCNC(c1ccc(OC)cc1)c1cc(Br)c(Cl)s1. The maximum Gasteiger partial charge on any atom is 0.118 e. The minimum Gasteiger partial charge on any atom is -0.497 e. The van der Waals surface area contributed by atoms with Gasteiger partial charge in [-0.2, -0.15) is 0 Å². The third-order valence-corrected chi connectivity index (χ3v) is 5.54. The molecular formula is C15H17BrClNOS. The van der Waals surface area contributed by atoms with Crippen molar-refractivity contribution in [3.63, 3.8) is 0 Å². The number of thiophene rings is 1. The zero-order chi connectivity index (χ0) is 14.5. The zero-order valence-electron chi connectivity index (χ0n) is 11.5. The molecule has 1 unspecified atom stereocenters. The van der Waals surface area contributed by atoms with Crippen LogP contribution >= 0.6 is 38.9 Å². The smallest absolute Gasteiger partial charge is 0.118 e. The zero-order valence-corrected chi connectivity index (χ0v) is 14.6. The lowest BCUT2D eigenvalue weighted by molar-refractivity contribution is 0.414. The van der Waals surface area contributed by atoms with Gasteiger partial charge in [-0.25, -0.2) is 0 Å². The molecule has 2 aromatic rings. The van der Waals surface area contributed by atoms with E-state index in [1.165, 1.54) is 10.4 Å². The maximum absolute atomic E-state index is 6.17. The topological polar surface area (TPSA) is 21.3 Å². The average Bonchev–Trinajstić information content (AvgIpc) is 2.79. The molecule has 0 radical (unpaired) electrons. The average molecular weight is 375 g/mol. The molecule has 1 aromatic heterocycles. The van der Waals surface area contributed by atoms with E-state index in [4.69, 9.17) is 16.3 Å². The molecule has 1 atom stereocenters. The summed E-state index contributed by atoms with van der Waals surface area (Å²) >= 11 is 11.2. The third-order valence-electron chi connectivity index (χ3n) is 3.00. The Labute approximate surface area is 137 Å². The molecule has 2 rings (SSSR count). The Morgan fingerprint density at radius 2 is 2.05 bits per heavy atom. The summed E-state index contributed by atoms with van der Waals surface area (Å²) in [5.41, 5.74) is 1.21. The standard InChI is InChI=1S/C15H17BrClNOS/c1-3-8-18-14(13-9-12(16)15(17)20-13)10-4-6-11(19-2)7-5-10/h4-7,9,14,18H,3,8H2,1-2H3. The van der Waals surface area contributed by atoms with E-state index in [0.29, 0.717) is 0 Å². The van der Waals surface area contributed by atoms with Crippen molar-refractivity contribution in [2.75, 3.05) is 13.7 Å². The second kappa shape index (κ2) is 7.46. The fraction of sp³-hybridized carbons (Fsp3) is 0.333. The predicted molar refractivity (Wildman–Crippen MR) is 90.2 cm³/mol. The number of methoxy groups -OCH3 is 1. The molecule has 0 saturated carbocycles. The third kappa shape index (κ3) is 3.76. The fourth-order valence-electron chi connectivity index (χ4n) is 1.97. The molecule has 1 heterocycles. The van der Waals surface area contributed by atoms with Crippen molar-refractivity contribution in [3.8, 4) is 5.75 Å². The van der Waals surface area contributed by atoms with Crippen LogP contribution in [0.15, 0.2) is 34.8 Å². The molecule has 0 amide bonds. The van der Waals surface area contributed by atoms with Crippen LogP contribution in [0, 0.1) is 0 Å². The Morgan fingerprint density at radius 1 is 1.35 bits per heavy atom. The molecule has 0 spiro atoms. The Hall–Kier alpha value is -0.550. The molecular weight excluding hydrogens is 358 g/mol. The van der Waals surface area contributed by atoms with E-state index in [1.54, 1.807) is 18.4 Å². The Morgan fingerprint density at radius 3 is 2.55 bits per heavy atom. The first-order valence-corrected chi connectivity index (χ1v) is 8.46. The van der Waals surface area contributed by atoms with Crippen LogP contribution in [0.4, 0.5) is 0 Å². The van der Waals surface area contributed by atoms with Gasteiger partial charge in [0.2, 0.25) is 0 Å². The van der Waals surface area contributed by atoms with Gasteiger partial charge in [-0.05, 0) is 52.7 Å². The summed E-state index contributed by atoms with van der Waals surface area (Å²) in [5, 5.41) is 3.57. The van der Waals surface area contributed by atoms with Crippen molar-refractivity contribution in [1.82, 2.24) is 5.32 Å². The van der Waals surface area contributed by atoms with Gasteiger partial charge >= 0.3 is 0 Å². The minimum absolute atomic E-state index is 0.162. The van der Waals surface area contributed by atoms with Gasteiger partial charge in [-0.15, -0.1) is 11.3 Å². The van der Waals surface area contributed by atoms with Crippen LogP contribution in [0.1, 0.15) is 29.8 Å². The first-order valence-electron chi connectivity index (χ1n) is 6.47. The van der Waals surface area contributed by atoms with E-state index in [2.05, 4.69) is 46.4 Å². The normalized spacial score (nSPS) is 12.4. The molecule has 0 aliphatic carbocycles. The molecule has 108 valence electrons. The number of hydrogen-bond donors (Lipinski definition) is 1. The lowest BCUT2D eigenvalue weighted by Gasteiger charge is -2.18. The lowest BCUT2D eigenvalue weighted by atomic mass is 10.1. The first kappa shape index (κ1) is 15.8. The molecule has 2 nitrogen and oxygen atoms in total. The van der Waals surface area contributed by atoms with Crippen LogP contribution < -0.4 is 10.1 Å². The monoisotopic (exact) mass is 373 g/mol. The quantitative estimate of drug-likeness (QED) is 0.744. The molecule has 20 heavy (non-hydrogen) atoms. The highest BCUT2D eigenvalue weighted by molar-refractivity contribution is 9.10. The summed E-state index contributed by atoms with van der Waals surface area (Å²) in [5.74, 6) is 0.869. The largest absolute Gasteiger partial charge is 0.497 e. The summed E-state index contributed by atoms with van der Waals surface area (Å²) in [6.07, 6.45) is 1.09. The first-order chi connectivity index (χ1) is 9.65. The van der Waals surface area contributed by atoms with Crippen molar-refractivity contribution in [2.45, 2.75) is 19.4 Å². The Kier molecular flexibility index (Phi) is 5.90. The molecule has 0 bridgehead atoms. The number of ether oxygens (including phenoxy) is 1. The van der Waals surface area contributed by atoms with Gasteiger partial charge in [0.15, 0.2) is 0 Å². The van der Waals surface area contributed by atoms with Crippen LogP contribution in [0.5, 0.6) is 5.75 Å². The second-order valence-electron chi connectivity index (χ2n) is 4.43. The lowest BCUT2D eigenvalue weighted by Crippen LogP contribution is -2.22. The number of hydrogen-bond acceptors (Lipinski definition) is 3. The van der Waals surface area contributed by atoms with Crippen LogP contribution in [0.2, 0.25) is 4.34 Å². The second-order valence-corrected chi connectivity index (χ2v) is 6.97. The summed E-state index contributed by atoms with van der Waals surface area (Å²) < 4.78 is 6.96. The van der Waals surface area contributed by atoms with E-state index < -0.39 is 0 Å². The number of nitrogens with one attached hydrogen (secondary N) is 1. The number of rotatable bonds is 6. The minimum atomic E-state index is 0.162. The molecule has 1 N–H and O–H groups in total. The molecule has 0 saturated heterocycles.